The average Bonchev–Trinajstić information content (AvgIpc) is 1.87. The third-order valence-corrected chi connectivity index (χ3v) is 1.87. The summed E-state index contributed by atoms with van der Waals surface area (Å²) in [6.07, 6.45) is -1.02. The molecule has 10 heavy (non-hydrogen) atoms. The molecule has 3 nitrogen and oxygen atoms in total. The van der Waals surface area contributed by atoms with Crippen LogP contribution in [-0.2, 0) is 9.59 Å². The van der Waals surface area contributed by atoms with Crippen molar-refractivity contribution < 1.29 is 14.7 Å². The Kier molecular flexibility index (Phi) is 1.60. The molecule has 0 heterocycles. The Hall–Kier alpha value is -0.700. The van der Waals surface area contributed by atoms with Gasteiger partial charge in [-0.1, -0.05) is 13.8 Å². The maximum absolute atomic E-state index is 10.7. The lowest BCUT2D eigenvalue weighted by atomic mass is 9.72. The van der Waals surface area contributed by atoms with E-state index in [0.29, 0.717) is 0 Å². The molecule has 0 aromatic rings. The number of ketones is 2. The zero-order valence-corrected chi connectivity index (χ0v) is 6.00. The molecule has 0 aromatic carbocycles. The second-order valence-electron chi connectivity index (χ2n) is 2.94. The van der Waals surface area contributed by atoms with E-state index in [0.717, 1.165) is 0 Å². The smallest absolute Gasteiger partial charge is 0.227 e. The van der Waals surface area contributed by atoms with Gasteiger partial charge in [0.1, 0.15) is 6.10 Å². The molecular weight excluding hydrogens is 132 g/mol. The molecular formula is C7H10O3. The maximum atomic E-state index is 10.7. The fourth-order valence-corrected chi connectivity index (χ4v) is 1.19. The summed E-state index contributed by atoms with van der Waals surface area (Å²) in [7, 11) is 0. The summed E-state index contributed by atoms with van der Waals surface area (Å²) in [5.74, 6) is -1.41. The Bertz CT molecular complexity index is 183. The standard InChI is InChI=1S/C7H10O3/c1-3(2)4-5(8)7(10)6(4)9/h3-5,8H,1-2H3. The molecule has 0 radical (unpaired) electrons. The predicted molar refractivity (Wildman–Crippen MR) is 34.3 cm³/mol. The Morgan fingerprint density at radius 2 is 1.80 bits per heavy atom. The van der Waals surface area contributed by atoms with E-state index in [-0.39, 0.29) is 5.92 Å². The van der Waals surface area contributed by atoms with Crippen LogP contribution in [0, 0.1) is 11.8 Å². The van der Waals surface area contributed by atoms with Crippen LogP contribution in [0.5, 0.6) is 0 Å². The van der Waals surface area contributed by atoms with Gasteiger partial charge < -0.3 is 5.11 Å². The van der Waals surface area contributed by atoms with E-state index in [1.165, 1.54) is 0 Å². The second-order valence-corrected chi connectivity index (χ2v) is 2.94. The quantitative estimate of drug-likeness (QED) is 0.514. The molecule has 1 saturated carbocycles. The molecule has 1 aliphatic rings. The third-order valence-electron chi connectivity index (χ3n) is 1.87. The minimum atomic E-state index is -1.02. The summed E-state index contributed by atoms with van der Waals surface area (Å²) < 4.78 is 0. The van der Waals surface area contributed by atoms with Crippen LogP contribution in [0.4, 0.5) is 0 Å². The minimum Gasteiger partial charge on any atom is -0.384 e. The minimum absolute atomic E-state index is 0.0696. The molecule has 0 spiro atoms. The predicted octanol–water partition coefficient (Wildman–Crippen LogP) is -0.229. The molecule has 3 heteroatoms. The average molecular weight is 142 g/mol. The van der Waals surface area contributed by atoms with Gasteiger partial charge in [0.25, 0.3) is 0 Å². The van der Waals surface area contributed by atoms with Gasteiger partial charge in [0.2, 0.25) is 11.6 Å². The number of rotatable bonds is 1. The molecule has 2 atom stereocenters. The number of hydrogen-bond donors (Lipinski definition) is 1. The molecule has 1 aliphatic carbocycles. The first-order valence-electron chi connectivity index (χ1n) is 3.32. The van der Waals surface area contributed by atoms with Crippen LogP contribution < -0.4 is 0 Å². The van der Waals surface area contributed by atoms with Gasteiger partial charge in [0.15, 0.2) is 0 Å². The lowest BCUT2D eigenvalue weighted by Crippen LogP contribution is -2.54. The molecule has 0 saturated heterocycles. The summed E-state index contributed by atoms with van der Waals surface area (Å²) in [5.41, 5.74) is 0. The van der Waals surface area contributed by atoms with Gasteiger partial charge >= 0.3 is 0 Å². The Morgan fingerprint density at radius 1 is 1.30 bits per heavy atom. The second kappa shape index (κ2) is 2.16. The van der Waals surface area contributed by atoms with Crippen molar-refractivity contribution in [1.29, 1.82) is 0 Å². The summed E-state index contributed by atoms with van der Waals surface area (Å²) in [4.78, 5) is 21.2. The van der Waals surface area contributed by atoms with Crippen LogP contribution in [0.2, 0.25) is 0 Å². The van der Waals surface area contributed by atoms with Crippen molar-refractivity contribution in [2.75, 3.05) is 0 Å². The summed E-state index contributed by atoms with van der Waals surface area (Å²) in [6.45, 7) is 3.64. The fraction of sp³-hybridized carbons (Fsp3) is 0.714. The van der Waals surface area contributed by atoms with Crippen LogP contribution in [0.1, 0.15) is 13.8 Å². The molecule has 0 amide bonds. The SMILES string of the molecule is CC(C)C1C(=O)C(=O)C1O. The highest BCUT2D eigenvalue weighted by molar-refractivity contribution is 6.46. The van der Waals surface area contributed by atoms with E-state index in [1.54, 1.807) is 0 Å². The molecule has 1 rings (SSSR count). The van der Waals surface area contributed by atoms with E-state index in [9.17, 15) is 9.59 Å². The summed E-state index contributed by atoms with van der Waals surface area (Å²) in [6, 6.07) is 0. The zero-order chi connectivity index (χ0) is 7.89. The summed E-state index contributed by atoms with van der Waals surface area (Å²) in [5, 5.41) is 8.95. The van der Waals surface area contributed by atoms with Crippen molar-refractivity contribution >= 4 is 11.6 Å². The number of carbonyl (C=O) groups is 2. The highest BCUT2D eigenvalue weighted by atomic mass is 16.3. The maximum Gasteiger partial charge on any atom is 0.227 e. The Morgan fingerprint density at radius 3 is 2.00 bits per heavy atom. The van der Waals surface area contributed by atoms with E-state index >= 15 is 0 Å². The van der Waals surface area contributed by atoms with Crippen molar-refractivity contribution in [3.8, 4) is 0 Å². The van der Waals surface area contributed by atoms with Gasteiger partial charge in [0.05, 0.1) is 5.92 Å². The molecule has 56 valence electrons. The Balaban J connectivity index is 2.67. The molecule has 1 fully saturated rings. The van der Waals surface area contributed by atoms with Crippen molar-refractivity contribution in [3.05, 3.63) is 0 Å². The molecule has 2 unspecified atom stereocenters. The first kappa shape index (κ1) is 7.41. The fourth-order valence-electron chi connectivity index (χ4n) is 1.19. The van der Waals surface area contributed by atoms with Crippen LogP contribution >= 0.6 is 0 Å². The van der Waals surface area contributed by atoms with Gasteiger partial charge in [-0.3, -0.25) is 9.59 Å². The largest absolute Gasteiger partial charge is 0.384 e. The topological polar surface area (TPSA) is 54.4 Å². The van der Waals surface area contributed by atoms with Gasteiger partial charge in [-0.2, -0.15) is 0 Å². The monoisotopic (exact) mass is 142 g/mol. The van der Waals surface area contributed by atoms with Crippen molar-refractivity contribution in [1.82, 2.24) is 0 Å². The highest BCUT2D eigenvalue weighted by Gasteiger charge is 2.49. The first-order chi connectivity index (χ1) is 4.55. The van der Waals surface area contributed by atoms with Crippen molar-refractivity contribution in [2.24, 2.45) is 11.8 Å². The number of aliphatic hydroxyl groups excluding tert-OH is 1. The normalized spacial score (nSPS) is 32.8. The zero-order valence-electron chi connectivity index (χ0n) is 6.00. The number of hydrogen-bond acceptors (Lipinski definition) is 3. The van der Waals surface area contributed by atoms with E-state index in [1.807, 2.05) is 13.8 Å². The number of carbonyl (C=O) groups excluding carboxylic acids is 2. The molecule has 0 aliphatic heterocycles. The van der Waals surface area contributed by atoms with E-state index in [2.05, 4.69) is 0 Å². The number of Topliss-reactive ketones (excluding diaryl/α,β-unsaturated/α-hetero) is 2. The van der Waals surface area contributed by atoms with Gasteiger partial charge in [-0.05, 0) is 5.92 Å². The van der Waals surface area contributed by atoms with Crippen LogP contribution in [0.15, 0.2) is 0 Å². The summed E-state index contributed by atoms with van der Waals surface area (Å²) >= 11 is 0. The lowest BCUT2D eigenvalue weighted by Gasteiger charge is -2.31. The van der Waals surface area contributed by atoms with Crippen LogP contribution in [0.3, 0.4) is 0 Å². The van der Waals surface area contributed by atoms with Gasteiger partial charge in [-0.25, -0.2) is 0 Å². The Labute approximate surface area is 59.0 Å². The number of aliphatic hydroxyl groups is 1. The van der Waals surface area contributed by atoms with Crippen molar-refractivity contribution in [3.63, 3.8) is 0 Å². The van der Waals surface area contributed by atoms with Gasteiger partial charge in [0, 0.05) is 0 Å². The molecule has 0 bridgehead atoms. The van der Waals surface area contributed by atoms with Crippen molar-refractivity contribution in [2.45, 2.75) is 20.0 Å². The first-order valence-corrected chi connectivity index (χ1v) is 3.32. The molecule has 1 N–H and O–H groups in total. The van der Waals surface area contributed by atoms with E-state index < -0.39 is 23.6 Å². The lowest BCUT2D eigenvalue weighted by molar-refractivity contribution is -0.160. The van der Waals surface area contributed by atoms with Gasteiger partial charge in [-0.15, -0.1) is 0 Å². The molecule has 0 aromatic heterocycles. The van der Waals surface area contributed by atoms with Crippen LogP contribution in [-0.4, -0.2) is 22.8 Å². The third kappa shape index (κ3) is 0.778. The van der Waals surface area contributed by atoms with E-state index in [4.69, 9.17) is 5.11 Å². The van der Waals surface area contributed by atoms with Crippen LogP contribution in [0.25, 0.3) is 0 Å². The highest BCUT2D eigenvalue weighted by Crippen LogP contribution is 2.26.